The molecular formula is C3H4F3O. The highest BCUT2D eigenvalue weighted by Gasteiger charge is 2.26. The van der Waals surface area contributed by atoms with Gasteiger partial charge in [-0.05, 0) is 0 Å². The van der Waals surface area contributed by atoms with Gasteiger partial charge in [0, 0.05) is 0 Å². The van der Waals surface area contributed by atoms with E-state index in [1.165, 1.54) is 0 Å². The van der Waals surface area contributed by atoms with E-state index in [2.05, 4.69) is 11.8 Å². The average molecular weight is 113 g/mol. The highest BCUT2D eigenvalue weighted by Crippen LogP contribution is 2.13. The normalized spacial score (nSPS) is 12.0. The van der Waals surface area contributed by atoms with Crippen molar-refractivity contribution in [2.75, 3.05) is 6.61 Å². The second-order valence-electron chi connectivity index (χ2n) is 0.964. The summed E-state index contributed by atoms with van der Waals surface area (Å²) in [6.07, 6.45) is -4.23. The number of alkyl halides is 3. The Hall–Kier alpha value is -0.250. The summed E-state index contributed by atoms with van der Waals surface area (Å²) in [6, 6.07) is 0. The second-order valence-corrected chi connectivity index (χ2v) is 0.964. The van der Waals surface area contributed by atoms with Gasteiger partial charge in [0.1, 0.15) is 6.61 Å². The fourth-order valence-corrected chi connectivity index (χ4v) is 0.116. The van der Waals surface area contributed by atoms with Crippen LogP contribution in [0, 0.1) is 7.11 Å². The van der Waals surface area contributed by atoms with Crippen molar-refractivity contribution in [1.29, 1.82) is 0 Å². The first-order chi connectivity index (χ1) is 3.06. The van der Waals surface area contributed by atoms with Crippen LogP contribution in [-0.4, -0.2) is 12.8 Å². The van der Waals surface area contributed by atoms with Crippen LogP contribution in [0.25, 0.3) is 0 Å². The van der Waals surface area contributed by atoms with Gasteiger partial charge in [-0.25, -0.2) is 0 Å². The van der Waals surface area contributed by atoms with Crippen LogP contribution >= 0.6 is 0 Å². The predicted octanol–water partition coefficient (Wildman–Crippen LogP) is 1.36. The van der Waals surface area contributed by atoms with Crippen molar-refractivity contribution in [2.24, 2.45) is 0 Å². The van der Waals surface area contributed by atoms with E-state index in [1.807, 2.05) is 0 Å². The van der Waals surface area contributed by atoms with Gasteiger partial charge in [-0.2, -0.15) is 13.2 Å². The van der Waals surface area contributed by atoms with Crippen molar-refractivity contribution in [1.82, 2.24) is 0 Å². The Kier molecular flexibility index (Phi) is 2.08. The first-order valence-electron chi connectivity index (χ1n) is 1.50. The van der Waals surface area contributed by atoms with E-state index in [4.69, 9.17) is 0 Å². The molecule has 0 aromatic rings. The van der Waals surface area contributed by atoms with Crippen LogP contribution in [-0.2, 0) is 4.74 Å². The van der Waals surface area contributed by atoms with E-state index < -0.39 is 12.8 Å². The lowest BCUT2D eigenvalue weighted by atomic mass is 10.7. The van der Waals surface area contributed by atoms with Crippen molar-refractivity contribution in [3.8, 4) is 0 Å². The smallest absolute Gasteiger partial charge is 0.370 e. The monoisotopic (exact) mass is 113 g/mol. The zero-order valence-corrected chi connectivity index (χ0v) is 3.46. The molecule has 0 heterocycles. The first kappa shape index (κ1) is 6.75. The third-order valence-electron chi connectivity index (χ3n) is 0.266. The molecule has 0 fully saturated rings. The molecular weight excluding hydrogens is 109 g/mol. The Morgan fingerprint density at radius 3 is 1.86 bits per heavy atom. The van der Waals surface area contributed by atoms with Gasteiger partial charge in [0.2, 0.25) is 0 Å². The highest BCUT2D eigenvalue weighted by molar-refractivity contribution is 4.43. The van der Waals surface area contributed by atoms with Gasteiger partial charge < -0.3 is 4.74 Å². The SMILES string of the molecule is [CH2]OCC(F)(F)F. The molecule has 0 aliphatic heterocycles. The molecule has 1 nitrogen and oxygen atoms in total. The topological polar surface area (TPSA) is 9.23 Å². The third-order valence-corrected chi connectivity index (χ3v) is 0.266. The summed E-state index contributed by atoms with van der Waals surface area (Å²) >= 11 is 0. The van der Waals surface area contributed by atoms with Crippen LogP contribution in [0.15, 0.2) is 0 Å². The summed E-state index contributed by atoms with van der Waals surface area (Å²) in [5.74, 6) is 0. The van der Waals surface area contributed by atoms with Crippen LogP contribution < -0.4 is 0 Å². The Bertz CT molecular complexity index is 48.6. The minimum absolute atomic E-state index is 1.27. The van der Waals surface area contributed by atoms with Crippen LogP contribution in [0.1, 0.15) is 0 Å². The van der Waals surface area contributed by atoms with Crippen molar-refractivity contribution < 1.29 is 17.9 Å². The van der Waals surface area contributed by atoms with Gasteiger partial charge in [-0.1, -0.05) is 0 Å². The number of hydrogen-bond donors (Lipinski definition) is 0. The molecule has 4 heteroatoms. The van der Waals surface area contributed by atoms with Gasteiger partial charge in [0.25, 0.3) is 0 Å². The van der Waals surface area contributed by atoms with Gasteiger partial charge in [-0.3, -0.25) is 0 Å². The van der Waals surface area contributed by atoms with Gasteiger partial charge in [0.05, 0.1) is 7.11 Å². The molecule has 0 aliphatic rings. The molecule has 0 N–H and O–H groups in total. The minimum atomic E-state index is -4.23. The maximum Gasteiger partial charge on any atom is 0.411 e. The number of ether oxygens (including phenoxy) is 1. The second kappa shape index (κ2) is 2.16. The molecule has 1 radical (unpaired) electrons. The van der Waals surface area contributed by atoms with Crippen LogP contribution in [0.4, 0.5) is 13.2 Å². The molecule has 0 saturated carbocycles. The summed E-state index contributed by atoms with van der Waals surface area (Å²) in [5.41, 5.74) is 0. The Morgan fingerprint density at radius 1 is 1.43 bits per heavy atom. The van der Waals surface area contributed by atoms with E-state index in [9.17, 15) is 13.2 Å². The molecule has 43 valence electrons. The number of halogens is 3. The lowest BCUT2D eigenvalue weighted by Gasteiger charge is -2.00. The van der Waals surface area contributed by atoms with Crippen LogP contribution in [0.3, 0.4) is 0 Å². The summed E-state index contributed by atoms with van der Waals surface area (Å²) in [5, 5.41) is 0. The molecule has 0 aliphatic carbocycles. The van der Waals surface area contributed by atoms with Crippen LogP contribution in [0.2, 0.25) is 0 Å². The standard InChI is InChI=1S/C3H4F3O/c1-7-2-3(4,5)6/h1-2H2. The molecule has 0 aromatic heterocycles. The Labute approximate surface area is 39.1 Å². The van der Waals surface area contributed by atoms with Crippen molar-refractivity contribution >= 4 is 0 Å². The molecule has 0 aromatic carbocycles. The van der Waals surface area contributed by atoms with Crippen molar-refractivity contribution in [3.05, 3.63) is 7.11 Å². The Morgan fingerprint density at radius 2 is 1.86 bits per heavy atom. The van der Waals surface area contributed by atoms with Crippen molar-refractivity contribution in [3.63, 3.8) is 0 Å². The average Bonchev–Trinajstić information content (AvgIpc) is 1.30. The quantitative estimate of drug-likeness (QED) is 0.498. The van der Waals surface area contributed by atoms with Crippen LogP contribution in [0.5, 0.6) is 0 Å². The summed E-state index contributed by atoms with van der Waals surface area (Å²) in [4.78, 5) is 0. The maximum atomic E-state index is 10.9. The Balaban J connectivity index is 3.15. The zero-order chi connectivity index (χ0) is 5.91. The van der Waals surface area contributed by atoms with Gasteiger partial charge >= 0.3 is 6.18 Å². The lowest BCUT2D eigenvalue weighted by molar-refractivity contribution is -0.162. The van der Waals surface area contributed by atoms with E-state index in [0.29, 0.717) is 0 Å². The third kappa shape index (κ3) is 5.75. The summed E-state index contributed by atoms with van der Waals surface area (Å²) in [7, 11) is 2.55. The van der Waals surface area contributed by atoms with Gasteiger partial charge in [-0.15, -0.1) is 0 Å². The summed E-state index contributed by atoms with van der Waals surface area (Å²) in [6.45, 7) is -1.27. The maximum absolute atomic E-state index is 10.9. The fraction of sp³-hybridized carbons (Fsp3) is 0.667. The van der Waals surface area contributed by atoms with E-state index in [-0.39, 0.29) is 0 Å². The lowest BCUT2D eigenvalue weighted by Crippen LogP contribution is -2.14. The highest BCUT2D eigenvalue weighted by atomic mass is 19.4. The molecule has 0 spiro atoms. The molecule has 0 saturated heterocycles. The molecule has 7 heavy (non-hydrogen) atoms. The summed E-state index contributed by atoms with van der Waals surface area (Å²) < 4.78 is 36.2. The van der Waals surface area contributed by atoms with E-state index in [1.54, 1.807) is 0 Å². The number of rotatable bonds is 1. The molecule has 0 unspecified atom stereocenters. The van der Waals surface area contributed by atoms with Crippen molar-refractivity contribution in [2.45, 2.75) is 6.18 Å². The van der Waals surface area contributed by atoms with E-state index >= 15 is 0 Å². The first-order valence-corrected chi connectivity index (χ1v) is 1.50. The fourth-order valence-electron chi connectivity index (χ4n) is 0.116. The van der Waals surface area contributed by atoms with E-state index in [0.717, 1.165) is 0 Å². The molecule has 0 rings (SSSR count). The number of hydrogen-bond acceptors (Lipinski definition) is 1. The zero-order valence-electron chi connectivity index (χ0n) is 3.46. The van der Waals surface area contributed by atoms with Gasteiger partial charge in [0.15, 0.2) is 0 Å². The largest absolute Gasteiger partial charge is 0.411 e. The minimum Gasteiger partial charge on any atom is -0.370 e. The predicted molar refractivity (Wildman–Crippen MR) is 17.4 cm³/mol. The molecule has 0 amide bonds. The molecule has 0 bridgehead atoms. The molecule has 0 atom stereocenters.